The van der Waals surface area contributed by atoms with E-state index in [1.807, 2.05) is 31.2 Å². The number of benzene rings is 1. The van der Waals surface area contributed by atoms with Crippen molar-refractivity contribution in [3.05, 3.63) is 64.1 Å². The normalized spacial score (nSPS) is 12.2. The van der Waals surface area contributed by atoms with Gasteiger partial charge in [0.25, 0.3) is 5.56 Å². The molecule has 0 amide bonds. The Hall–Kier alpha value is -1.88. The summed E-state index contributed by atoms with van der Waals surface area (Å²) in [5.74, 6) is 0.954. The lowest BCUT2D eigenvalue weighted by Crippen LogP contribution is -2.22. The van der Waals surface area contributed by atoms with Crippen LogP contribution in [0.1, 0.15) is 11.1 Å². The van der Waals surface area contributed by atoms with Gasteiger partial charge in [0.1, 0.15) is 0 Å². The van der Waals surface area contributed by atoms with E-state index in [0.717, 1.165) is 11.1 Å². The molecule has 0 aliphatic heterocycles. The summed E-state index contributed by atoms with van der Waals surface area (Å²) >= 11 is 0. The van der Waals surface area contributed by atoms with Crippen LogP contribution in [0.5, 0.6) is 0 Å². The minimum Gasteiger partial charge on any atom is -0.398 e. The van der Waals surface area contributed by atoms with Gasteiger partial charge in [0, 0.05) is 46.8 Å². The molecule has 1 atom stereocenters. The molecular weight excluding hydrogens is 272 g/mol. The quantitative estimate of drug-likeness (QED) is 0.911. The van der Waals surface area contributed by atoms with E-state index in [1.165, 1.54) is 10.6 Å². The van der Waals surface area contributed by atoms with Gasteiger partial charge in [-0.05, 0) is 18.6 Å². The van der Waals surface area contributed by atoms with Gasteiger partial charge in [0.2, 0.25) is 0 Å². The third-order valence-electron chi connectivity index (χ3n) is 2.98. The molecule has 0 bridgehead atoms. The Kier molecular flexibility index (Phi) is 4.74. The molecule has 106 valence electrons. The van der Waals surface area contributed by atoms with Crippen LogP contribution in [0.15, 0.2) is 47.4 Å². The third kappa shape index (κ3) is 4.06. The molecule has 0 saturated heterocycles. The number of aryl methyl sites for hydroxylation is 2. The van der Waals surface area contributed by atoms with Gasteiger partial charge < -0.3 is 10.3 Å². The SMILES string of the molecule is Cc1cccc(CS(=O)CCn2cc(N)ccc2=O)c1. The number of nitrogens with zero attached hydrogens (tertiary/aromatic N) is 1. The number of hydrogen-bond donors (Lipinski definition) is 1. The Morgan fingerprint density at radius 3 is 2.80 bits per heavy atom. The van der Waals surface area contributed by atoms with Crippen molar-refractivity contribution in [3.8, 4) is 0 Å². The van der Waals surface area contributed by atoms with Crippen molar-refractivity contribution in [1.82, 2.24) is 4.57 Å². The smallest absolute Gasteiger partial charge is 0.250 e. The average Bonchev–Trinajstić information content (AvgIpc) is 2.40. The lowest BCUT2D eigenvalue weighted by molar-refractivity contribution is 0.669. The van der Waals surface area contributed by atoms with Crippen molar-refractivity contribution >= 4 is 16.5 Å². The van der Waals surface area contributed by atoms with Crippen LogP contribution in [0.25, 0.3) is 0 Å². The fourth-order valence-corrected chi connectivity index (χ4v) is 3.08. The molecular formula is C15H18N2O2S. The molecule has 0 aliphatic carbocycles. The van der Waals surface area contributed by atoms with E-state index in [2.05, 4.69) is 0 Å². The first-order chi connectivity index (χ1) is 9.54. The van der Waals surface area contributed by atoms with Crippen LogP contribution in [0.2, 0.25) is 0 Å². The first kappa shape index (κ1) is 14.5. The number of rotatable bonds is 5. The second-order valence-corrected chi connectivity index (χ2v) is 6.35. The van der Waals surface area contributed by atoms with Gasteiger partial charge in [-0.25, -0.2) is 0 Å². The summed E-state index contributed by atoms with van der Waals surface area (Å²) in [4.78, 5) is 11.6. The van der Waals surface area contributed by atoms with Crippen molar-refractivity contribution in [3.63, 3.8) is 0 Å². The summed E-state index contributed by atoms with van der Waals surface area (Å²) < 4.78 is 13.6. The molecule has 20 heavy (non-hydrogen) atoms. The fraction of sp³-hybridized carbons (Fsp3) is 0.267. The maximum absolute atomic E-state index is 12.1. The highest BCUT2D eigenvalue weighted by molar-refractivity contribution is 7.84. The van der Waals surface area contributed by atoms with Crippen LogP contribution in [-0.2, 0) is 23.1 Å². The summed E-state index contributed by atoms with van der Waals surface area (Å²) in [6.45, 7) is 2.43. The number of pyridine rings is 1. The van der Waals surface area contributed by atoms with Crippen molar-refractivity contribution in [1.29, 1.82) is 0 Å². The lowest BCUT2D eigenvalue weighted by Gasteiger charge is -2.07. The predicted octanol–water partition coefficient (Wildman–Crippen LogP) is 1.69. The van der Waals surface area contributed by atoms with Gasteiger partial charge >= 0.3 is 0 Å². The molecule has 0 spiro atoms. The van der Waals surface area contributed by atoms with E-state index in [1.54, 1.807) is 12.3 Å². The molecule has 2 aromatic rings. The van der Waals surface area contributed by atoms with Gasteiger partial charge in [-0.2, -0.15) is 0 Å². The molecule has 1 heterocycles. The number of aromatic nitrogens is 1. The topological polar surface area (TPSA) is 65.1 Å². The number of hydrogen-bond acceptors (Lipinski definition) is 3. The molecule has 5 heteroatoms. The molecule has 2 N–H and O–H groups in total. The zero-order valence-corrected chi connectivity index (χ0v) is 12.2. The number of nitrogens with two attached hydrogens (primary N) is 1. The van der Waals surface area contributed by atoms with Crippen LogP contribution in [0.3, 0.4) is 0 Å². The summed E-state index contributed by atoms with van der Waals surface area (Å²) in [5.41, 5.74) is 8.27. The Labute approximate surface area is 120 Å². The summed E-state index contributed by atoms with van der Waals surface area (Å²) in [6, 6.07) is 11.0. The minimum absolute atomic E-state index is 0.119. The number of nitrogen functional groups attached to an aromatic ring is 1. The van der Waals surface area contributed by atoms with Gasteiger partial charge in [-0.1, -0.05) is 29.8 Å². The predicted molar refractivity (Wildman–Crippen MR) is 83.0 cm³/mol. The molecule has 2 rings (SSSR count). The zero-order valence-electron chi connectivity index (χ0n) is 11.4. The van der Waals surface area contributed by atoms with Crippen molar-refractivity contribution in [2.24, 2.45) is 0 Å². The van der Waals surface area contributed by atoms with Gasteiger partial charge in [0.05, 0.1) is 0 Å². The van der Waals surface area contributed by atoms with Gasteiger partial charge in [-0.15, -0.1) is 0 Å². The molecule has 0 aliphatic rings. The molecule has 4 nitrogen and oxygen atoms in total. The molecule has 1 aromatic heterocycles. The summed E-state index contributed by atoms with van der Waals surface area (Å²) in [5, 5.41) is 0. The second kappa shape index (κ2) is 6.52. The van der Waals surface area contributed by atoms with Gasteiger partial charge in [0.15, 0.2) is 0 Å². The maximum atomic E-state index is 12.1. The Morgan fingerprint density at radius 1 is 1.25 bits per heavy atom. The first-order valence-electron chi connectivity index (χ1n) is 6.41. The summed E-state index contributed by atoms with van der Waals surface area (Å²) in [7, 11) is -0.995. The number of anilines is 1. The average molecular weight is 290 g/mol. The molecule has 1 unspecified atom stereocenters. The molecule has 1 aromatic carbocycles. The minimum atomic E-state index is -0.995. The second-order valence-electron chi connectivity index (χ2n) is 4.77. The van der Waals surface area contributed by atoms with E-state index in [4.69, 9.17) is 5.73 Å². The highest BCUT2D eigenvalue weighted by Gasteiger charge is 2.04. The Bertz CT molecular complexity index is 680. The van der Waals surface area contributed by atoms with Crippen LogP contribution in [-0.4, -0.2) is 14.5 Å². The fourth-order valence-electron chi connectivity index (χ4n) is 1.98. The largest absolute Gasteiger partial charge is 0.398 e. The lowest BCUT2D eigenvalue weighted by atomic mass is 10.2. The van der Waals surface area contributed by atoms with E-state index < -0.39 is 10.8 Å². The van der Waals surface area contributed by atoms with Crippen molar-refractivity contribution in [2.45, 2.75) is 19.2 Å². The third-order valence-corrected chi connectivity index (χ3v) is 4.27. The van der Waals surface area contributed by atoms with E-state index >= 15 is 0 Å². The van der Waals surface area contributed by atoms with E-state index in [9.17, 15) is 9.00 Å². The van der Waals surface area contributed by atoms with Crippen LogP contribution < -0.4 is 11.3 Å². The highest BCUT2D eigenvalue weighted by Crippen LogP contribution is 2.07. The first-order valence-corrected chi connectivity index (χ1v) is 7.90. The van der Waals surface area contributed by atoms with Crippen LogP contribution in [0, 0.1) is 6.92 Å². The monoisotopic (exact) mass is 290 g/mol. The summed E-state index contributed by atoms with van der Waals surface area (Å²) in [6.07, 6.45) is 1.59. The maximum Gasteiger partial charge on any atom is 0.250 e. The Morgan fingerprint density at radius 2 is 2.05 bits per heavy atom. The Balaban J connectivity index is 1.95. The van der Waals surface area contributed by atoms with E-state index in [-0.39, 0.29) is 5.56 Å². The highest BCUT2D eigenvalue weighted by atomic mass is 32.2. The molecule has 0 saturated carbocycles. The van der Waals surface area contributed by atoms with Crippen LogP contribution >= 0.6 is 0 Å². The molecule has 0 fully saturated rings. The van der Waals surface area contributed by atoms with Crippen molar-refractivity contribution in [2.75, 3.05) is 11.5 Å². The standard InChI is InChI=1S/C15H18N2O2S/c1-12-3-2-4-13(9-12)11-20(19)8-7-17-10-14(16)5-6-15(17)18/h2-6,9-10H,7-8,11,16H2,1H3. The van der Waals surface area contributed by atoms with Crippen LogP contribution in [0.4, 0.5) is 5.69 Å². The van der Waals surface area contributed by atoms with Gasteiger partial charge in [-0.3, -0.25) is 9.00 Å². The molecule has 0 radical (unpaired) electrons. The van der Waals surface area contributed by atoms with Crippen molar-refractivity contribution < 1.29 is 4.21 Å². The van der Waals surface area contributed by atoms with E-state index in [0.29, 0.717) is 23.7 Å². The zero-order chi connectivity index (χ0) is 14.5.